The predicted octanol–water partition coefficient (Wildman–Crippen LogP) is 2.86. The topological polar surface area (TPSA) is 159 Å². The maximum atomic E-state index is 13.5. The van der Waals surface area contributed by atoms with Gasteiger partial charge >= 0.3 is 5.69 Å². The number of imidazole rings is 1. The van der Waals surface area contributed by atoms with Crippen molar-refractivity contribution in [2.75, 3.05) is 31.6 Å². The number of carbonyl (C=O) groups is 2. The second kappa shape index (κ2) is 13.3. The van der Waals surface area contributed by atoms with E-state index in [2.05, 4.69) is 24.9 Å². The van der Waals surface area contributed by atoms with E-state index in [4.69, 9.17) is 16.3 Å². The highest BCUT2D eigenvalue weighted by Crippen LogP contribution is 2.24. The number of anilines is 1. The van der Waals surface area contributed by atoms with Crippen LogP contribution in [0.25, 0.3) is 11.2 Å². The first kappa shape index (κ1) is 30.1. The number of amides is 2. The lowest BCUT2D eigenvalue weighted by atomic mass is 10.1. The minimum atomic E-state index is -0.527. The van der Waals surface area contributed by atoms with Gasteiger partial charge in [0.25, 0.3) is 11.5 Å². The largest absolute Gasteiger partial charge is 0.376 e. The Morgan fingerprint density at radius 1 is 1.12 bits per heavy atom. The van der Waals surface area contributed by atoms with Crippen LogP contribution in [0.4, 0.5) is 5.82 Å². The van der Waals surface area contributed by atoms with E-state index in [0.29, 0.717) is 61.7 Å². The van der Waals surface area contributed by atoms with Crippen molar-refractivity contribution in [2.45, 2.75) is 51.7 Å². The smallest absolute Gasteiger partial charge is 0.330 e. The molecule has 0 radical (unpaired) electrons. The van der Waals surface area contributed by atoms with Gasteiger partial charge in [0.15, 0.2) is 5.65 Å². The lowest BCUT2D eigenvalue weighted by molar-refractivity contribution is -0.127. The number of hydrogen-bond acceptors (Lipinski definition) is 8. The molecule has 4 aromatic rings. The molecule has 43 heavy (non-hydrogen) atoms. The highest BCUT2D eigenvalue weighted by atomic mass is 35.5. The average molecular weight is 609 g/mol. The third-order valence-corrected chi connectivity index (χ3v) is 7.64. The number of carbonyl (C=O) groups excluding carboxylic acids is 2. The van der Waals surface area contributed by atoms with Gasteiger partial charge in [0.1, 0.15) is 22.3 Å². The molecule has 0 aromatic carbocycles. The molecule has 13 nitrogen and oxygen atoms in total. The number of H-pyrrole nitrogens is 2. The summed E-state index contributed by atoms with van der Waals surface area (Å²) in [4.78, 5) is 72.2. The van der Waals surface area contributed by atoms with Crippen LogP contribution in [0.1, 0.15) is 60.5 Å². The van der Waals surface area contributed by atoms with Gasteiger partial charge in [-0.3, -0.25) is 28.8 Å². The van der Waals surface area contributed by atoms with Crippen molar-refractivity contribution < 1.29 is 14.3 Å². The highest BCUT2D eigenvalue weighted by molar-refractivity contribution is 6.29. The van der Waals surface area contributed by atoms with Crippen LogP contribution in [0.2, 0.25) is 5.15 Å². The summed E-state index contributed by atoms with van der Waals surface area (Å²) in [6, 6.07) is 6.74. The molecule has 1 fully saturated rings. The first-order valence-corrected chi connectivity index (χ1v) is 14.6. The van der Waals surface area contributed by atoms with Crippen molar-refractivity contribution in [3.05, 3.63) is 79.6 Å². The lowest BCUT2D eigenvalue weighted by Gasteiger charge is -2.24. The van der Waals surface area contributed by atoms with E-state index in [1.807, 2.05) is 17.9 Å². The maximum absolute atomic E-state index is 13.5. The third kappa shape index (κ3) is 6.67. The quantitative estimate of drug-likeness (QED) is 0.232. The summed E-state index contributed by atoms with van der Waals surface area (Å²) in [6.45, 7) is 3.99. The number of aromatic nitrogens is 6. The number of halogens is 1. The zero-order chi connectivity index (χ0) is 30.5. The standard InChI is InChI=1S/C29H33ClN8O5/c1-3-11-38-26-25(27(40)35-29(38)42)33-22(34-26)15-20(43-2)18-8-10-23(32-16-18)37(14-5-13-36-12-4-6-24(36)39)28(41)19-7-9-21(30)31-17-19/h7-10,16-17,20H,3-6,11-15H2,1-2H3,(H,33,34)(H,35,40,42)/t20-/m0/s1. The highest BCUT2D eigenvalue weighted by Gasteiger charge is 2.24. The van der Waals surface area contributed by atoms with E-state index < -0.39 is 17.4 Å². The van der Waals surface area contributed by atoms with Gasteiger partial charge < -0.3 is 14.6 Å². The molecule has 1 aliphatic rings. The SMILES string of the molecule is CCCn1c(=O)[nH]c(=O)c2[nH]c(C[C@H](OC)c3ccc(N(CCCN4CCCC4=O)C(=O)c4ccc(Cl)nc4)nc3)nc21. The zero-order valence-corrected chi connectivity index (χ0v) is 24.8. The molecule has 2 amide bonds. The number of ether oxygens (including phenoxy) is 1. The molecule has 1 saturated heterocycles. The third-order valence-electron chi connectivity index (χ3n) is 7.41. The normalized spacial score (nSPS) is 14.0. The summed E-state index contributed by atoms with van der Waals surface area (Å²) in [5.74, 6) is 0.766. The van der Waals surface area contributed by atoms with E-state index in [0.717, 1.165) is 18.5 Å². The fraction of sp³-hybridized carbons (Fsp3) is 0.414. The molecule has 0 aliphatic carbocycles. The van der Waals surface area contributed by atoms with Crippen molar-refractivity contribution in [3.8, 4) is 0 Å². The number of nitrogens with one attached hydrogen (secondary N) is 2. The number of likely N-dealkylation sites (tertiary alicyclic amines) is 1. The van der Waals surface area contributed by atoms with Gasteiger partial charge in [-0.1, -0.05) is 24.6 Å². The van der Waals surface area contributed by atoms with Crippen LogP contribution in [0.5, 0.6) is 0 Å². The lowest BCUT2D eigenvalue weighted by Crippen LogP contribution is -2.35. The van der Waals surface area contributed by atoms with Crippen molar-refractivity contribution in [3.63, 3.8) is 0 Å². The van der Waals surface area contributed by atoms with Crippen molar-refractivity contribution in [1.29, 1.82) is 0 Å². The predicted molar refractivity (Wildman–Crippen MR) is 160 cm³/mol. The number of fused-ring (bicyclic) bond motifs is 1. The van der Waals surface area contributed by atoms with Gasteiger partial charge in [-0.25, -0.2) is 19.7 Å². The van der Waals surface area contributed by atoms with Crippen LogP contribution >= 0.6 is 11.6 Å². The Morgan fingerprint density at radius 3 is 2.60 bits per heavy atom. The summed E-state index contributed by atoms with van der Waals surface area (Å²) in [7, 11) is 1.56. The molecule has 5 heterocycles. The van der Waals surface area contributed by atoms with E-state index in [1.54, 1.807) is 36.4 Å². The van der Waals surface area contributed by atoms with Crippen molar-refractivity contribution >= 4 is 40.4 Å². The summed E-state index contributed by atoms with van der Waals surface area (Å²) in [6.07, 6.45) is 5.57. The van der Waals surface area contributed by atoms with Gasteiger partial charge in [-0.2, -0.15) is 0 Å². The van der Waals surface area contributed by atoms with E-state index >= 15 is 0 Å². The molecule has 5 rings (SSSR count). The van der Waals surface area contributed by atoms with Crippen LogP contribution in [0.3, 0.4) is 0 Å². The molecular weight excluding hydrogens is 576 g/mol. The fourth-order valence-electron chi connectivity index (χ4n) is 5.22. The molecule has 0 spiro atoms. The molecule has 1 aliphatic heterocycles. The first-order valence-electron chi connectivity index (χ1n) is 14.2. The van der Waals surface area contributed by atoms with Crippen LogP contribution in [-0.2, 0) is 22.5 Å². The second-order valence-electron chi connectivity index (χ2n) is 10.3. The minimum Gasteiger partial charge on any atom is -0.376 e. The molecule has 0 saturated carbocycles. The molecule has 14 heteroatoms. The van der Waals surface area contributed by atoms with Gasteiger partial charge in [-0.05, 0) is 43.0 Å². The molecule has 1 atom stereocenters. The number of nitrogens with zero attached hydrogens (tertiary/aromatic N) is 6. The van der Waals surface area contributed by atoms with Crippen LogP contribution in [0, 0.1) is 0 Å². The zero-order valence-electron chi connectivity index (χ0n) is 24.0. The number of aryl methyl sites for hydroxylation is 1. The molecule has 4 aromatic heterocycles. The van der Waals surface area contributed by atoms with Gasteiger partial charge in [0.05, 0.1) is 11.7 Å². The maximum Gasteiger partial charge on any atom is 0.330 e. The Bertz CT molecular complexity index is 1710. The van der Waals surface area contributed by atoms with Crippen LogP contribution < -0.4 is 16.1 Å². The minimum absolute atomic E-state index is 0.135. The number of rotatable bonds is 12. The Balaban J connectivity index is 1.36. The fourth-order valence-corrected chi connectivity index (χ4v) is 5.33. The molecule has 0 bridgehead atoms. The molecule has 226 valence electrons. The van der Waals surface area contributed by atoms with Gasteiger partial charge in [0, 0.05) is 58.5 Å². The monoisotopic (exact) mass is 608 g/mol. The van der Waals surface area contributed by atoms with Gasteiger partial charge in [0.2, 0.25) is 5.91 Å². The van der Waals surface area contributed by atoms with E-state index in [9.17, 15) is 19.2 Å². The number of hydrogen-bond donors (Lipinski definition) is 2. The molecule has 0 unspecified atom stereocenters. The van der Waals surface area contributed by atoms with Crippen molar-refractivity contribution in [1.82, 2.24) is 34.4 Å². The average Bonchev–Trinajstić information content (AvgIpc) is 3.62. The Kier molecular flexibility index (Phi) is 9.31. The molecular formula is C29H33ClN8O5. The summed E-state index contributed by atoms with van der Waals surface area (Å²) < 4.78 is 7.18. The number of methoxy groups -OCH3 is 1. The van der Waals surface area contributed by atoms with Crippen LogP contribution in [-0.4, -0.2) is 72.9 Å². The Hall–Kier alpha value is -4.36. The van der Waals surface area contributed by atoms with E-state index in [1.165, 1.54) is 10.8 Å². The summed E-state index contributed by atoms with van der Waals surface area (Å²) >= 11 is 5.92. The first-order chi connectivity index (χ1) is 20.8. The number of pyridine rings is 2. The Labute approximate surface area is 251 Å². The summed E-state index contributed by atoms with van der Waals surface area (Å²) in [5.41, 5.74) is 0.601. The van der Waals surface area contributed by atoms with E-state index in [-0.39, 0.29) is 28.9 Å². The van der Waals surface area contributed by atoms with Crippen LogP contribution in [0.15, 0.2) is 46.2 Å². The Morgan fingerprint density at radius 2 is 1.95 bits per heavy atom. The van der Waals surface area contributed by atoms with Gasteiger partial charge in [-0.15, -0.1) is 0 Å². The van der Waals surface area contributed by atoms with Crippen molar-refractivity contribution in [2.24, 2.45) is 0 Å². The second-order valence-corrected chi connectivity index (χ2v) is 10.7. The molecule has 2 N–H and O–H groups in total. The summed E-state index contributed by atoms with van der Waals surface area (Å²) in [5, 5.41) is 0.284. The number of aromatic amines is 2.